The van der Waals surface area contributed by atoms with Crippen LogP contribution >= 0.6 is 0 Å². The van der Waals surface area contributed by atoms with Crippen LogP contribution in [0.15, 0.2) is 28.9 Å². The molecule has 4 unspecified atom stereocenters. The summed E-state index contributed by atoms with van der Waals surface area (Å²) < 4.78 is 25.6. The molecule has 5 rings (SSSR count). The number of rotatable bonds is 9. The molecule has 0 spiro atoms. The van der Waals surface area contributed by atoms with Crippen LogP contribution in [0.25, 0.3) is 0 Å². The molecule has 1 saturated carbocycles. The first kappa shape index (κ1) is 23.3. The lowest BCUT2D eigenvalue weighted by molar-refractivity contribution is 0.0897. The zero-order valence-corrected chi connectivity index (χ0v) is 19.7. The zero-order valence-electron chi connectivity index (χ0n) is 19.7. The summed E-state index contributed by atoms with van der Waals surface area (Å²) in [5, 5.41) is 13.2. The highest BCUT2D eigenvalue weighted by atomic mass is 19.1. The Morgan fingerprint density at radius 1 is 1.12 bits per heavy atom. The van der Waals surface area contributed by atoms with Crippen molar-refractivity contribution in [2.45, 2.75) is 88.8 Å². The van der Waals surface area contributed by atoms with Gasteiger partial charge in [-0.25, -0.2) is 9.37 Å². The van der Waals surface area contributed by atoms with E-state index in [0.29, 0.717) is 24.4 Å². The standard InChI is InChI=1S/C27H35FN2O4/c28-19-9-10-22(31)18(14-19)15-20-23-11-12-24(34-23)25(20)27-30-21(16-33-27)26(32)29-13-5-4-8-17-6-2-1-3-7-17/h9-10,14,16-17,20,23-25,31H,1-8,11-13,15H2,(H,29,32). The molecule has 4 atom stereocenters. The normalized spacial score (nSPS) is 26.7. The number of aromatic hydroxyl groups is 1. The molecule has 3 heterocycles. The fraction of sp³-hybridized carbons (Fsp3) is 0.630. The number of hydrogen-bond acceptors (Lipinski definition) is 5. The van der Waals surface area contributed by atoms with E-state index in [0.717, 1.165) is 31.6 Å². The molecule has 2 saturated heterocycles. The van der Waals surface area contributed by atoms with Crippen LogP contribution in [0.5, 0.6) is 5.75 Å². The van der Waals surface area contributed by atoms with Crippen molar-refractivity contribution in [1.29, 1.82) is 0 Å². The number of phenolic OH excluding ortho intramolecular Hbond substituents is 1. The second kappa shape index (κ2) is 10.5. The predicted octanol–water partition coefficient (Wildman–Crippen LogP) is 5.50. The van der Waals surface area contributed by atoms with Crippen LogP contribution in [-0.2, 0) is 11.2 Å². The van der Waals surface area contributed by atoms with Crippen molar-refractivity contribution in [3.05, 3.63) is 47.4 Å². The van der Waals surface area contributed by atoms with E-state index in [2.05, 4.69) is 10.3 Å². The summed E-state index contributed by atoms with van der Waals surface area (Å²) in [4.78, 5) is 17.1. The van der Waals surface area contributed by atoms with E-state index >= 15 is 0 Å². The number of aromatic nitrogens is 1. The van der Waals surface area contributed by atoms with E-state index < -0.39 is 0 Å². The van der Waals surface area contributed by atoms with Crippen LogP contribution < -0.4 is 5.32 Å². The van der Waals surface area contributed by atoms with Crippen LogP contribution in [0.4, 0.5) is 4.39 Å². The minimum atomic E-state index is -0.373. The molecule has 184 valence electrons. The number of ether oxygens (including phenoxy) is 1. The number of nitrogens with zero attached hydrogens (tertiary/aromatic N) is 1. The SMILES string of the molecule is O=C(NCCCCC1CCCCC1)c1coc(C2C3CCC(O3)C2Cc2cc(F)ccc2O)n1. The Kier molecular flexibility index (Phi) is 7.18. The number of nitrogens with one attached hydrogen (secondary N) is 1. The molecule has 3 fully saturated rings. The van der Waals surface area contributed by atoms with Crippen LogP contribution in [-0.4, -0.2) is 34.8 Å². The lowest BCUT2D eigenvalue weighted by atomic mass is 9.76. The Labute approximate surface area is 200 Å². The molecule has 7 heteroatoms. The fourth-order valence-corrected chi connectivity index (χ4v) is 6.22. The van der Waals surface area contributed by atoms with Crippen molar-refractivity contribution in [3.8, 4) is 5.75 Å². The van der Waals surface area contributed by atoms with E-state index in [1.165, 1.54) is 63.0 Å². The number of benzene rings is 1. The molecule has 1 amide bonds. The van der Waals surface area contributed by atoms with Crippen LogP contribution in [0, 0.1) is 17.7 Å². The monoisotopic (exact) mass is 470 g/mol. The molecular weight excluding hydrogens is 435 g/mol. The minimum absolute atomic E-state index is 0.0146. The van der Waals surface area contributed by atoms with Gasteiger partial charge in [-0.3, -0.25) is 4.79 Å². The van der Waals surface area contributed by atoms with Crippen molar-refractivity contribution in [2.24, 2.45) is 11.8 Å². The number of halogens is 1. The molecule has 1 aromatic heterocycles. The van der Waals surface area contributed by atoms with Crippen molar-refractivity contribution >= 4 is 5.91 Å². The molecule has 0 radical (unpaired) electrons. The topological polar surface area (TPSA) is 84.6 Å². The highest BCUT2D eigenvalue weighted by Gasteiger charge is 2.51. The number of hydrogen-bond donors (Lipinski definition) is 2. The van der Waals surface area contributed by atoms with Crippen molar-refractivity contribution in [2.75, 3.05) is 6.54 Å². The third kappa shape index (κ3) is 5.14. The van der Waals surface area contributed by atoms with Gasteiger partial charge < -0.3 is 19.6 Å². The van der Waals surface area contributed by atoms with Gasteiger partial charge in [0.2, 0.25) is 5.89 Å². The Bertz CT molecular complexity index is 987. The quantitative estimate of drug-likeness (QED) is 0.473. The van der Waals surface area contributed by atoms with Crippen molar-refractivity contribution < 1.29 is 23.4 Å². The Morgan fingerprint density at radius 3 is 2.79 bits per heavy atom. The van der Waals surface area contributed by atoms with E-state index in [9.17, 15) is 14.3 Å². The summed E-state index contributed by atoms with van der Waals surface area (Å²) in [6.45, 7) is 0.645. The second-order valence-corrected chi connectivity index (χ2v) is 10.3. The molecule has 1 aliphatic carbocycles. The van der Waals surface area contributed by atoms with Gasteiger partial charge in [0, 0.05) is 12.5 Å². The van der Waals surface area contributed by atoms with Gasteiger partial charge >= 0.3 is 0 Å². The van der Waals surface area contributed by atoms with Gasteiger partial charge in [-0.2, -0.15) is 0 Å². The largest absolute Gasteiger partial charge is 0.508 e. The van der Waals surface area contributed by atoms with Gasteiger partial charge in [-0.15, -0.1) is 0 Å². The summed E-state index contributed by atoms with van der Waals surface area (Å²) in [7, 11) is 0. The Hall–Kier alpha value is -2.41. The molecule has 6 nitrogen and oxygen atoms in total. The molecule has 2 N–H and O–H groups in total. The van der Waals surface area contributed by atoms with Gasteiger partial charge in [0.05, 0.1) is 18.1 Å². The number of oxazole rings is 1. The van der Waals surface area contributed by atoms with Gasteiger partial charge in [0.25, 0.3) is 5.91 Å². The number of amides is 1. The Balaban J connectivity index is 1.16. The maximum absolute atomic E-state index is 13.7. The average Bonchev–Trinajstić information content (AvgIpc) is 3.58. The first-order chi connectivity index (χ1) is 16.6. The highest BCUT2D eigenvalue weighted by molar-refractivity contribution is 5.91. The lowest BCUT2D eigenvalue weighted by Crippen LogP contribution is -2.28. The molecule has 2 aromatic rings. The van der Waals surface area contributed by atoms with Crippen LogP contribution in [0.3, 0.4) is 0 Å². The van der Waals surface area contributed by atoms with Crippen molar-refractivity contribution in [1.82, 2.24) is 10.3 Å². The molecule has 3 aliphatic rings. The van der Waals surface area contributed by atoms with Crippen LogP contribution in [0.1, 0.15) is 92.1 Å². The second-order valence-electron chi connectivity index (χ2n) is 10.3. The first-order valence-electron chi connectivity index (χ1n) is 12.9. The third-order valence-corrected chi connectivity index (χ3v) is 8.01. The van der Waals surface area contributed by atoms with Gasteiger partial charge in [0.15, 0.2) is 5.69 Å². The Morgan fingerprint density at radius 2 is 1.94 bits per heavy atom. The van der Waals surface area contributed by atoms with Crippen LogP contribution in [0.2, 0.25) is 0 Å². The molecule has 2 bridgehead atoms. The summed E-state index contributed by atoms with van der Waals surface area (Å²) in [5.74, 6) is 0.765. The smallest absolute Gasteiger partial charge is 0.273 e. The van der Waals surface area contributed by atoms with E-state index in [1.54, 1.807) is 0 Å². The summed E-state index contributed by atoms with van der Waals surface area (Å²) in [5.41, 5.74) is 0.848. The molecule has 1 aromatic carbocycles. The zero-order chi connectivity index (χ0) is 23.5. The third-order valence-electron chi connectivity index (χ3n) is 8.01. The summed E-state index contributed by atoms with van der Waals surface area (Å²) >= 11 is 0. The van der Waals surface area contributed by atoms with Gasteiger partial charge in [0.1, 0.15) is 17.8 Å². The number of fused-ring (bicyclic) bond motifs is 2. The molecular formula is C27H35FN2O4. The molecule has 2 aliphatic heterocycles. The predicted molar refractivity (Wildman–Crippen MR) is 125 cm³/mol. The highest BCUT2D eigenvalue weighted by Crippen LogP contribution is 2.50. The van der Waals surface area contributed by atoms with Gasteiger partial charge in [-0.1, -0.05) is 44.9 Å². The minimum Gasteiger partial charge on any atom is -0.508 e. The first-order valence-corrected chi connectivity index (χ1v) is 12.9. The fourth-order valence-electron chi connectivity index (χ4n) is 6.22. The maximum Gasteiger partial charge on any atom is 0.273 e. The maximum atomic E-state index is 13.7. The lowest BCUT2D eigenvalue weighted by Gasteiger charge is -2.26. The molecule has 34 heavy (non-hydrogen) atoms. The number of phenols is 1. The van der Waals surface area contributed by atoms with E-state index in [1.807, 2.05) is 0 Å². The van der Waals surface area contributed by atoms with E-state index in [4.69, 9.17) is 9.15 Å². The average molecular weight is 471 g/mol. The summed E-state index contributed by atoms with van der Waals surface area (Å²) in [6.07, 6.45) is 14.0. The van der Waals surface area contributed by atoms with Gasteiger partial charge in [-0.05, 0) is 55.4 Å². The summed E-state index contributed by atoms with van der Waals surface area (Å²) in [6, 6.07) is 4.01. The number of carbonyl (C=O) groups is 1. The van der Waals surface area contributed by atoms with Crippen molar-refractivity contribution in [3.63, 3.8) is 0 Å². The number of carbonyl (C=O) groups excluding carboxylic acids is 1. The number of unbranched alkanes of at least 4 members (excludes halogenated alkanes) is 1. The van der Waals surface area contributed by atoms with E-state index in [-0.39, 0.29) is 47.2 Å².